The summed E-state index contributed by atoms with van der Waals surface area (Å²) >= 11 is 6.17. The fraction of sp³-hybridized carbons (Fsp3) is 0.250. The van der Waals surface area contributed by atoms with Gasteiger partial charge in [-0.3, -0.25) is 4.98 Å². The van der Waals surface area contributed by atoms with Gasteiger partial charge in [0.2, 0.25) is 0 Å². The van der Waals surface area contributed by atoms with Gasteiger partial charge in [-0.25, -0.2) is 0 Å². The summed E-state index contributed by atoms with van der Waals surface area (Å²) in [6, 6.07) is 20.7. The summed E-state index contributed by atoms with van der Waals surface area (Å²) in [5.41, 5.74) is -0.151. The Morgan fingerprint density at radius 3 is 2.57 bits per heavy atom. The van der Waals surface area contributed by atoms with Gasteiger partial charge in [-0.05, 0) is 29.7 Å². The van der Waals surface area contributed by atoms with Gasteiger partial charge in [0.15, 0.2) is 11.2 Å². The normalized spacial score (nSPS) is 29.0. The molecule has 5 rings (SSSR count). The fourth-order valence-electron chi connectivity index (χ4n) is 5.20. The molecule has 6 heteroatoms. The van der Waals surface area contributed by atoms with Crippen LogP contribution in [0, 0.1) is 17.2 Å². The molecule has 3 aromatic rings. The van der Waals surface area contributed by atoms with E-state index in [4.69, 9.17) is 16.3 Å². The van der Waals surface area contributed by atoms with Gasteiger partial charge in [0.25, 0.3) is 0 Å². The maximum Gasteiger partial charge on any atom is 0.175 e. The van der Waals surface area contributed by atoms with Crippen molar-refractivity contribution < 1.29 is 14.9 Å². The molecule has 1 fully saturated rings. The number of aliphatic hydroxyl groups excluding tert-OH is 1. The Kier molecular flexibility index (Phi) is 4.33. The lowest BCUT2D eigenvalue weighted by Gasteiger charge is -2.41. The second-order valence-electron chi connectivity index (χ2n) is 7.87. The van der Waals surface area contributed by atoms with Crippen molar-refractivity contribution in [2.75, 3.05) is 6.61 Å². The number of hydrogen-bond acceptors (Lipinski definition) is 5. The van der Waals surface area contributed by atoms with E-state index in [0.29, 0.717) is 28.5 Å². The van der Waals surface area contributed by atoms with Gasteiger partial charge < -0.3 is 14.9 Å². The molecule has 0 amide bonds. The first-order valence-corrected chi connectivity index (χ1v) is 10.2. The van der Waals surface area contributed by atoms with E-state index in [1.54, 1.807) is 18.2 Å². The van der Waals surface area contributed by atoms with Crippen LogP contribution in [0.25, 0.3) is 0 Å². The Morgan fingerprint density at radius 1 is 1.17 bits per heavy atom. The number of hydrogen-bond donors (Lipinski definition) is 2. The Bertz CT molecular complexity index is 1150. The topological polar surface area (TPSA) is 86.4 Å². The Balaban J connectivity index is 1.80. The molecule has 0 radical (unpaired) electrons. The summed E-state index contributed by atoms with van der Waals surface area (Å²) in [4.78, 5) is 4.43. The molecule has 2 N–H and O–H groups in total. The number of nitrogens with zero attached hydrogens (tertiary/aromatic N) is 2. The predicted molar refractivity (Wildman–Crippen MR) is 111 cm³/mol. The molecule has 2 aliphatic rings. The second-order valence-corrected chi connectivity index (χ2v) is 8.31. The van der Waals surface area contributed by atoms with Gasteiger partial charge in [-0.15, -0.1) is 0 Å². The molecule has 5 nitrogen and oxygen atoms in total. The van der Waals surface area contributed by atoms with Crippen molar-refractivity contribution in [2.24, 2.45) is 5.92 Å². The maximum atomic E-state index is 12.2. The van der Waals surface area contributed by atoms with Crippen LogP contribution in [0.5, 0.6) is 5.75 Å². The molecule has 1 aliphatic carbocycles. The van der Waals surface area contributed by atoms with Crippen LogP contribution in [-0.2, 0) is 11.2 Å². The lowest BCUT2D eigenvalue weighted by Crippen LogP contribution is -2.51. The zero-order valence-corrected chi connectivity index (χ0v) is 16.8. The summed E-state index contributed by atoms with van der Waals surface area (Å²) in [5, 5.41) is 32.1. The molecule has 1 aromatic heterocycles. The summed E-state index contributed by atoms with van der Waals surface area (Å²) < 4.78 is 6.57. The minimum atomic E-state index is -1.56. The molecular weight excluding hydrogens is 400 g/mol. The minimum absolute atomic E-state index is 0.217. The van der Waals surface area contributed by atoms with E-state index in [2.05, 4.69) is 11.1 Å². The van der Waals surface area contributed by atoms with Crippen molar-refractivity contribution in [1.29, 1.82) is 5.26 Å². The fourth-order valence-corrected chi connectivity index (χ4v) is 5.35. The third kappa shape index (κ3) is 2.39. The molecule has 1 aliphatic heterocycles. The van der Waals surface area contributed by atoms with Gasteiger partial charge in [-0.2, -0.15) is 5.26 Å². The van der Waals surface area contributed by atoms with Crippen molar-refractivity contribution in [3.63, 3.8) is 0 Å². The number of ether oxygens (including phenoxy) is 1. The van der Waals surface area contributed by atoms with Crippen LogP contribution in [0.15, 0.2) is 66.9 Å². The standard InChI is InChI=1S/C24H19ClN2O3/c25-19-11-21-22(27-13-19)23(29)18(14-28)10-20(16-4-2-1-3-5-16)24(23,30-21)17-8-6-15(12-26)7-9-17/h1-9,11,13,18,20,28-29H,10,14H2. The number of benzene rings is 2. The number of fused-ring (bicyclic) bond motifs is 3. The predicted octanol–water partition coefficient (Wildman–Crippen LogP) is 3.88. The molecule has 4 unspecified atom stereocenters. The number of aromatic nitrogens is 1. The zero-order chi connectivity index (χ0) is 20.9. The van der Waals surface area contributed by atoms with E-state index < -0.39 is 17.1 Å². The van der Waals surface area contributed by atoms with E-state index in [9.17, 15) is 15.5 Å². The van der Waals surface area contributed by atoms with E-state index >= 15 is 0 Å². The van der Waals surface area contributed by atoms with Gasteiger partial charge in [-0.1, -0.05) is 54.1 Å². The monoisotopic (exact) mass is 418 g/mol. The molecule has 2 aromatic carbocycles. The van der Waals surface area contributed by atoms with Gasteiger partial charge in [0.05, 0.1) is 16.7 Å². The lowest BCUT2D eigenvalue weighted by molar-refractivity contribution is -0.136. The molecule has 150 valence electrons. The Labute approximate surface area is 179 Å². The molecule has 4 atom stereocenters. The quantitative estimate of drug-likeness (QED) is 0.674. The van der Waals surface area contributed by atoms with E-state index in [-0.39, 0.29) is 12.5 Å². The highest BCUT2D eigenvalue weighted by molar-refractivity contribution is 6.30. The first-order chi connectivity index (χ1) is 14.5. The second kappa shape index (κ2) is 6.82. The van der Waals surface area contributed by atoms with Gasteiger partial charge in [0, 0.05) is 30.7 Å². The third-order valence-electron chi connectivity index (χ3n) is 6.48. The Hall–Kier alpha value is -2.91. The molecule has 2 heterocycles. The first-order valence-electron chi connectivity index (χ1n) is 9.78. The molecular formula is C24H19ClN2O3. The number of rotatable bonds is 3. The molecule has 0 saturated heterocycles. The summed E-state index contributed by atoms with van der Waals surface area (Å²) in [6.45, 7) is -0.217. The number of pyridine rings is 1. The van der Waals surface area contributed by atoms with Crippen molar-refractivity contribution >= 4 is 11.6 Å². The van der Waals surface area contributed by atoms with Crippen LogP contribution in [0.4, 0.5) is 0 Å². The molecule has 1 saturated carbocycles. The maximum absolute atomic E-state index is 12.2. The third-order valence-corrected chi connectivity index (χ3v) is 6.69. The summed E-state index contributed by atoms with van der Waals surface area (Å²) in [5.74, 6) is -0.330. The van der Waals surface area contributed by atoms with E-state index in [0.717, 1.165) is 11.1 Å². The summed E-state index contributed by atoms with van der Waals surface area (Å²) in [7, 11) is 0. The van der Waals surface area contributed by atoms with Crippen LogP contribution in [-0.4, -0.2) is 21.8 Å². The Morgan fingerprint density at radius 2 is 1.90 bits per heavy atom. The van der Waals surface area contributed by atoms with Crippen LogP contribution in [0.3, 0.4) is 0 Å². The summed E-state index contributed by atoms with van der Waals surface area (Å²) in [6.07, 6.45) is 2.00. The van der Waals surface area contributed by atoms with Crippen LogP contribution < -0.4 is 4.74 Å². The highest BCUT2D eigenvalue weighted by Gasteiger charge is 2.73. The van der Waals surface area contributed by atoms with Gasteiger partial charge >= 0.3 is 0 Å². The number of halogens is 1. The average Bonchev–Trinajstić information content (AvgIpc) is 3.18. The van der Waals surface area contributed by atoms with Gasteiger partial charge in [0.1, 0.15) is 11.4 Å². The molecule has 30 heavy (non-hydrogen) atoms. The van der Waals surface area contributed by atoms with E-state index in [1.165, 1.54) is 6.20 Å². The highest BCUT2D eigenvalue weighted by atomic mass is 35.5. The average molecular weight is 419 g/mol. The number of nitriles is 1. The van der Waals surface area contributed by atoms with Crippen LogP contribution in [0.1, 0.15) is 34.7 Å². The van der Waals surface area contributed by atoms with Crippen molar-refractivity contribution in [1.82, 2.24) is 4.98 Å². The highest BCUT2D eigenvalue weighted by Crippen LogP contribution is 2.68. The van der Waals surface area contributed by atoms with Crippen LogP contribution >= 0.6 is 11.6 Å². The minimum Gasteiger partial charge on any atom is -0.476 e. The smallest absolute Gasteiger partial charge is 0.175 e. The molecule has 0 bridgehead atoms. The molecule has 0 spiro atoms. The van der Waals surface area contributed by atoms with Crippen molar-refractivity contribution in [2.45, 2.75) is 23.5 Å². The van der Waals surface area contributed by atoms with E-state index in [1.807, 2.05) is 42.5 Å². The zero-order valence-electron chi connectivity index (χ0n) is 16.0. The van der Waals surface area contributed by atoms with Crippen LogP contribution in [0.2, 0.25) is 5.02 Å². The SMILES string of the molecule is N#Cc1ccc(C23Oc4cc(Cl)cnc4C2(O)C(CO)CC3c2ccccc2)cc1. The largest absolute Gasteiger partial charge is 0.476 e. The lowest BCUT2D eigenvalue weighted by atomic mass is 9.71. The number of aliphatic hydroxyl groups is 2. The first kappa shape index (κ1) is 19.1. The van der Waals surface area contributed by atoms with Crippen molar-refractivity contribution in [3.05, 3.63) is 94.3 Å². The van der Waals surface area contributed by atoms with Crippen molar-refractivity contribution in [3.8, 4) is 11.8 Å².